The van der Waals surface area contributed by atoms with Gasteiger partial charge in [0.25, 0.3) is 0 Å². The molecule has 2 aliphatic heterocycles. The highest BCUT2D eigenvalue weighted by Gasteiger charge is 2.58. The second-order valence-corrected chi connectivity index (χ2v) is 11.0. The number of aromatic nitrogens is 4. The second-order valence-electron chi connectivity index (χ2n) is 11.0. The van der Waals surface area contributed by atoms with Crippen molar-refractivity contribution in [1.29, 1.82) is 0 Å². The van der Waals surface area contributed by atoms with E-state index in [2.05, 4.69) is 46.7 Å². The van der Waals surface area contributed by atoms with Crippen LogP contribution in [0.3, 0.4) is 0 Å². The van der Waals surface area contributed by atoms with E-state index < -0.39 is 6.10 Å². The molecule has 4 heterocycles. The van der Waals surface area contributed by atoms with Crippen molar-refractivity contribution in [3.63, 3.8) is 0 Å². The number of nitrogens with zero attached hydrogens (tertiary/aromatic N) is 6. The topological polar surface area (TPSA) is 71.6 Å². The smallest absolute Gasteiger partial charge is 0.103 e. The third kappa shape index (κ3) is 2.80. The molecule has 3 saturated carbocycles. The number of anilines is 1. The van der Waals surface area contributed by atoms with Crippen LogP contribution in [0.25, 0.3) is 16.6 Å². The molecule has 5 aliphatic rings. The summed E-state index contributed by atoms with van der Waals surface area (Å²) in [6.45, 7) is 9.07. The van der Waals surface area contributed by atoms with E-state index >= 15 is 0 Å². The zero-order valence-corrected chi connectivity index (χ0v) is 19.4. The van der Waals surface area contributed by atoms with Gasteiger partial charge in [-0.05, 0) is 56.7 Å². The van der Waals surface area contributed by atoms with Crippen LogP contribution in [-0.2, 0) is 10.3 Å². The number of rotatable bonds is 4. The first-order chi connectivity index (χ1) is 16.0. The molecule has 2 saturated heterocycles. The maximum atomic E-state index is 10.4. The molecular formula is C25H32N6O2. The predicted octanol–water partition coefficient (Wildman–Crippen LogP) is 2.31. The first kappa shape index (κ1) is 20.0. The third-order valence-electron chi connectivity index (χ3n) is 8.92. The summed E-state index contributed by atoms with van der Waals surface area (Å²) in [6, 6.07) is 4.54. The summed E-state index contributed by atoms with van der Waals surface area (Å²) in [5.41, 5.74) is 4.73. The van der Waals surface area contributed by atoms with Gasteiger partial charge in [-0.15, -0.1) is 0 Å². The molecular weight excluding hydrogens is 416 g/mol. The lowest BCUT2D eigenvalue weighted by Crippen LogP contribution is -2.60. The summed E-state index contributed by atoms with van der Waals surface area (Å²) in [7, 11) is 0. The zero-order chi connectivity index (χ0) is 22.4. The van der Waals surface area contributed by atoms with Gasteiger partial charge in [0.05, 0.1) is 54.5 Å². The van der Waals surface area contributed by atoms with Crippen molar-refractivity contribution >= 4 is 16.6 Å². The fourth-order valence-electron chi connectivity index (χ4n) is 6.53. The van der Waals surface area contributed by atoms with Crippen molar-refractivity contribution in [1.82, 2.24) is 24.5 Å². The van der Waals surface area contributed by atoms with E-state index in [0.717, 1.165) is 48.7 Å². The van der Waals surface area contributed by atoms with Crippen LogP contribution in [0.1, 0.15) is 31.7 Å². The van der Waals surface area contributed by atoms with Gasteiger partial charge in [-0.25, -0.2) is 4.68 Å². The van der Waals surface area contributed by atoms with Gasteiger partial charge in [0.1, 0.15) is 5.69 Å². The van der Waals surface area contributed by atoms with Crippen molar-refractivity contribution in [2.24, 2.45) is 5.92 Å². The van der Waals surface area contributed by atoms with Crippen molar-refractivity contribution in [2.75, 3.05) is 44.3 Å². The maximum absolute atomic E-state index is 10.4. The van der Waals surface area contributed by atoms with E-state index in [4.69, 9.17) is 14.9 Å². The summed E-state index contributed by atoms with van der Waals surface area (Å²) in [5, 5.41) is 21.0. The van der Waals surface area contributed by atoms with Crippen LogP contribution >= 0.6 is 0 Å². The van der Waals surface area contributed by atoms with Crippen molar-refractivity contribution in [3.8, 4) is 5.69 Å². The van der Waals surface area contributed by atoms with Crippen LogP contribution in [0.4, 0.5) is 5.69 Å². The standard InChI is InChI=1S/C25H32N6O2/c1-17-7-19-12-27-31(20-13-26-30(14-20)25-9-18(10-25)11-25)22(19)8-21(17)28-3-5-29(6-4-28)24(2)16-33-15-23(24)32/h7-8,12-14,18,23,32H,3-6,9-11,15-16H2,1-2H3. The second kappa shape index (κ2) is 6.81. The summed E-state index contributed by atoms with van der Waals surface area (Å²) in [6.07, 6.45) is 9.53. The molecule has 8 nitrogen and oxygen atoms in total. The Balaban J connectivity index is 1.16. The molecule has 3 aromatic rings. The van der Waals surface area contributed by atoms with Gasteiger partial charge in [0.15, 0.2) is 0 Å². The van der Waals surface area contributed by atoms with Crippen molar-refractivity contribution in [2.45, 2.75) is 50.3 Å². The zero-order valence-electron chi connectivity index (χ0n) is 19.4. The number of aliphatic hydroxyl groups is 1. The molecule has 8 rings (SSSR count). The van der Waals surface area contributed by atoms with Crippen LogP contribution in [0, 0.1) is 12.8 Å². The van der Waals surface area contributed by atoms with Crippen LogP contribution in [0.15, 0.2) is 30.7 Å². The molecule has 0 amide bonds. The summed E-state index contributed by atoms with van der Waals surface area (Å²) in [4.78, 5) is 4.87. The highest BCUT2D eigenvalue weighted by Crippen LogP contribution is 2.62. The maximum Gasteiger partial charge on any atom is 0.103 e. The van der Waals surface area contributed by atoms with Gasteiger partial charge in [-0.1, -0.05) is 0 Å². The van der Waals surface area contributed by atoms with E-state index in [1.165, 1.54) is 30.5 Å². The number of hydrogen-bond acceptors (Lipinski definition) is 6. The van der Waals surface area contributed by atoms with Gasteiger partial charge in [-0.3, -0.25) is 9.58 Å². The summed E-state index contributed by atoms with van der Waals surface area (Å²) >= 11 is 0. The SMILES string of the molecule is Cc1cc2cnn(-c3cnn(C45CC(C4)C5)c3)c2cc1N1CCN(C2(C)COCC2O)CC1. The average Bonchev–Trinajstić information content (AvgIpc) is 3.45. The molecule has 0 spiro atoms. The van der Waals surface area contributed by atoms with Crippen LogP contribution in [-0.4, -0.2) is 80.6 Å². The molecule has 1 N–H and O–H groups in total. The number of fused-ring (bicyclic) bond motifs is 1. The molecule has 1 aromatic carbocycles. The van der Waals surface area contributed by atoms with E-state index in [1.807, 2.05) is 17.1 Å². The monoisotopic (exact) mass is 448 g/mol. The minimum absolute atomic E-state index is 0.274. The summed E-state index contributed by atoms with van der Waals surface area (Å²) in [5.74, 6) is 0.932. The molecule has 174 valence electrons. The Bertz CT molecular complexity index is 1210. The molecule has 5 fully saturated rings. The number of hydrogen-bond donors (Lipinski definition) is 1. The number of aryl methyl sites for hydroxylation is 1. The lowest BCUT2D eigenvalue weighted by Gasteiger charge is -2.61. The normalized spacial score (nSPS) is 34.0. The number of ether oxygens (including phenoxy) is 1. The number of benzene rings is 1. The molecule has 8 heteroatoms. The first-order valence-corrected chi connectivity index (χ1v) is 12.2. The molecule has 2 unspecified atom stereocenters. The van der Waals surface area contributed by atoms with E-state index in [9.17, 15) is 5.11 Å². The summed E-state index contributed by atoms with van der Waals surface area (Å²) < 4.78 is 9.79. The highest BCUT2D eigenvalue weighted by molar-refractivity contribution is 5.85. The molecule has 3 aliphatic carbocycles. The Hall–Kier alpha value is -2.42. The van der Waals surface area contributed by atoms with Crippen LogP contribution < -0.4 is 4.90 Å². The Labute approximate surface area is 193 Å². The van der Waals surface area contributed by atoms with Crippen LogP contribution in [0.5, 0.6) is 0 Å². The number of aliphatic hydroxyl groups excluding tert-OH is 1. The molecule has 2 atom stereocenters. The quantitative estimate of drug-likeness (QED) is 0.661. The first-order valence-electron chi connectivity index (χ1n) is 12.2. The fraction of sp³-hybridized carbons (Fsp3) is 0.600. The molecule has 2 aromatic heterocycles. The fourth-order valence-corrected chi connectivity index (χ4v) is 6.53. The minimum Gasteiger partial charge on any atom is -0.389 e. The third-order valence-corrected chi connectivity index (χ3v) is 8.92. The Kier molecular flexibility index (Phi) is 4.12. The minimum atomic E-state index is -0.414. The van der Waals surface area contributed by atoms with Gasteiger partial charge in [0, 0.05) is 37.3 Å². The van der Waals surface area contributed by atoms with Crippen molar-refractivity contribution in [3.05, 3.63) is 36.3 Å². The Morgan fingerprint density at radius 3 is 2.52 bits per heavy atom. The van der Waals surface area contributed by atoms with Gasteiger partial charge in [-0.2, -0.15) is 10.2 Å². The van der Waals surface area contributed by atoms with E-state index in [0.29, 0.717) is 18.8 Å². The van der Waals surface area contributed by atoms with Crippen LogP contribution in [0.2, 0.25) is 0 Å². The number of piperazine rings is 1. The largest absolute Gasteiger partial charge is 0.389 e. The van der Waals surface area contributed by atoms with Gasteiger partial charge in [0.2, 0.25) is 0 Å². The predicted molar refractivity (Wildman–Crippen MR) is 126 cm³/mol. The van der Waals surface area contributed by atoms with E-state index in [-0.39, 0.29) is 5.54 Å². The van der Waals surface area contributed by atoms with Gasteiger partial charge >= 0.3 is 0 Å². The Morgan fingerprint density at radius 2 is 1.85 bits per heavy atom. The Morgan fingerprint density at radius 1 is 1.06 bits per heavy atom. The average molecular weight is 449 g/mol. The molecule has 0 radical (unpaired) electrons. The molecule has 2 bridgehead atoms. The van der Waals surface area contributed by atoms with Crippen molar-refractivity contribution < 1.29 is 9.84 Å². The van der Waals surface area contributed by atoms with Gasteiger partial charge < -0.3 is 14.7 Å². The lowest BCUT2D eigenvalue weighted by atomic mass is 9.50. The van der Waals surface area contributed by atoms with E-state index in [1.54, 1.807) is 0 Å². The lowest BCUT2D eigenvalue weighted by molar-refractivity contribution is -0.0977. The molecule has 33 heavy (non-hydrogen) atoms. The highest BCUT2D eigenvalue weighted by atomic mass is 16.5.